The fourth-order valence-electron chi connectivity index (χ4n) is 2.31. The molecule has 1 amide bonds. The number of nitrogens with one attached hydrogen (secondary N) is 1. The Morgan fingerprint density at radius 3 is 2.46 bits per heavy atom. The fourth-order valence-corrected chi connectivity index (χ4v) is 3.47. The Hall–Kier alpha value is -2.11. The molecule has 6 heteroatoms. The number of nitrogens with zero attached hydrogens (tertiary/aromatic N) is 1. The molecular weight excluding hydrogens is 344 g/mol. The summed E-state index contributed by atoms with van der Waals surface area (Å²) in [6.45, 7) is 1.54. The SMILES string of the molecule is CC(=O)c1ccc(C[C@@H]2SC(=Nc3ccc(Cl)cc3)NC2=O)cc1. The molecule has 1 heterocycles. The minimum Gasteiger partial charge on any atom is -0.304 e. The minimum absolute atomic E-state index is 0.0342. The normalized spacial score (nSPS) is 18.7. The molecule has 2 aromatic carbocycles. The summed E-state index contributed by atoms with van der Waals surface area (Å²) in [5, 5.41) is 3.82. The van der Waals surface area contributed by atoms with Gasteiger partial charge in [-0.15, -0.1) is 0 Å². The second-order valence-electron chi connectivity index (χ2n) is 5.45. The number of halogens is 1. The molecule has 0 spiro atoms. The number of rotatable bonds is 4. The van der Waals surface area contributed by atoms with Crippen molar-refractivity contribution < 1.29 is 9.59 Å². The van der Waals surface area contributed by atoms with Gasteiger partial charge in [-0.25, -0.2) is 4.99 Å². The van der Waals surface area contributed by atoms with E-state index in [0.717, 1.165) is 11.3 Å². The predicted molar refractivity (Wildman–Crippen MR) is 98.2 cm³/mol. The largest absolute Gasteiger partial charge is 0.304 e. The second-order valence-corrected chi connectivity index (χ2v) is 7.07. The lowest BCUT2D eigenvalue weighted by molar-refractivity contribution is -0.118. The third kappa shape index (κ3) is 4.04. The molecule has 24 heavy (non-hydrogen) atoms. The molecule has 1 aliphatic heterocycles. The van der Waals surface area contributed by atoms with Gasteiger partial charge in [0.2, 0.25) is 5.91 Å². The number of ketones is 1. The summed E-state index contributed by atoms with van der Waals surface area (Å²) >= 11 is 7.26. The molecule has 1 atom stereocenters. The molecule has 1 N–H and O–H groups in total. The molecule has 3 rings (SSSR count). The first-order chi connectivity index (χ1) is 11.5. The summed E-state index contributed by atoms with van der Waals surface area (Å²) in [5.74, 6) is -0.0183. The van der Waals surface area contributed by atoms with Gasteiger partial charge in [0.15, 0.2) is 11.0 Å². The van der Waals surface area contributed by atoms with Crippen molar-refractivity contribution in [2.45, 2.75) is 18.6 Å². The molecule has 2 aromatic rings. The van der Waals surface area contributed by atoms with Crippen LogP contribution in [0.25, 0.3) is 0 Å². The Morgan fingerprint density at radius 2 is 1.83 bits per heavy atom. The number of hydrogen-bond donors (Lipinski definition) is 1. The lowest BCUT2D eigenvalue weighted by Crippen LogP contribution is -2.25. The Morgan fingerprint density at radius 1 is 1.17 bits per heavy atom. The van der Waals surface area contributed by atoms with E-state index in [4.69, 9.17) is 11.6 Å². The van der Waals surface area contributed by atoms with E-state index in [-0.39, 0.29) is 16.9 Å². The molecule has 0 radical (unpaired) electrons. The lowest BCUT2D eigenvalue weighted by Gasteiger charge is -2.06. The summed E-state index contributed by atoms with van der Waals surface area (Å²) in [6.07, 6.45) is 0.592. The van der Waals surface area contributed by atoms with Crippen LogP contribution < -0.4 is 5.32 Å². The molecule has 122 valence electrons. The van der Waals surface area contributed by atoms with Crippen molar-refractivity contribution in [1.29, 1.82) is 0 Å². The van der Waals surface area contributed by atoms with Gasteiger partial charge in [-0.3, -0.25) is 9.59 Å². The van der Waals surface area contributed by atoms with Crippen molar-refractivity contribution in [3.05, 3.63) is 64.7 Å². The monoisotopic (exact) mass is 358 g/mol. The molecule has 4 nitrogen and oxygen atoms in total. The molecule has 1 saturated heterocycles. The maximum Gasteiger partial charge on any atom is 0.239 e. The Labute approximate surface area is 149 Å². The number of amides is 1. The molecule has 0 bridgehead atoms. The topological polar surface area (TPSA) is 58.5 Å². The number of aliphatic imine (C=N–C) groups is 1. The number of carbonyl (C=O) groups is 2. The van der Waals surface area contributed by atoms with Gasteiger partial charge in [0.05, 0.1) is 10.9 Å². The van der Waals surface area contributed by atoms with Crippen LogP contribution >= 0.6 is 23.4 Å². The maximum absolute atomic E-state index is 12.1. The van der Waals surface area contributed by atoms with Gasteiger partial charge >= 0.3 is 0 Å². The van der Waals surface area contributed by atoms with E-state index in [2.05, 4.69) is 10.3 Å². The average Bonchev–Trinajstić information content (AvgIpc) is 2.89. The Bertz CT molecular complexity index is 801. The predicted octanol–water partition coefficient (Wildman–Crippen LogP) is 4.00. The van der Waals surface area contributed by atoms with Crippen molar-refractivity contribution >= 4 is 45.9 Å². The van der Waals surface area contributed by atoms with Crippen LogP contribution in [0, 0.1) is 0 Å². The fraction of sp³-hybridized carbons (Fsp3) is 0.167. The zero-order chi connectivity index (χ0) is 17.1. The standard InChI is InChI=1S/C18H15ClN2O2S/c1-11(22)13-4-2-12(3-5-13)10-16-17(23)21-18(24-16)20-15-8-6-14(19)7-9-15/h2-9,16H,10H2,1H3,(H,20,21,23)/t16-/m0/s1. The number of Topliss-reactive ketones (excluding diaryl/α,β-unsaturated/α-hetero) is 1. The van der Waals surface area contributed by atoms with E-state index in [9.17, 15) is 9.59 Å². The first-order valence-electron chi connectivity index (χ1n) is 7.43. The van der Waals surface area contributed by atoms with Crippen LogP contribution in [0.1, 0.15) is 22.8 Å². The van der Waals surface area contributed by atoms with E-state index in [1.54, 1.807) is 36.4 Å². The smallest absolute Gasteiger partial charge is 0.239 e. The van der Waals surface area contributed by atoms with Crippen LogP contribution in [0.4, 0.5) is 5.69 Å². The van der Waals surface area contributed by atoms with E-state index in [1.807, 2.05) is 12.1 Å². The number of carbonyl (C=O) groups excluding carboxylic acids is 2. The van der Waals surface area contributed by atoms with Crippen LogP contribution in [0.3, 0.4) is 0 Å². The van der Waals surface area contributed by atoms with Gasteiger partial charge < -0.3 is 5.32 Å². The van der Waals surface area contributed by atoms with Crippen LogP contribution in [0.2, 0.25) is 5.02 Å². The van der Waals surface area contributed by atoms with Crippen LogP contribution in [-0.2, 0) is 11.2 Å². The maximum atomic E-state index is 12.1. The van der Waals surface area contributed by atoms with Gasteiger partial charge in [-0.05, 0) is 43.2 Å². The lowest BCUT2D eigenvalue weighted by atomic mass is 10.1. The van der Waals surface area contributed by atoms with E-state index < -0.39 is 0 Å². The van der Waals surface area contributed by atoms with Gasteiger partial charge in [0.25, 0.3) is 0 Å². The Kier molecular flexibility index (Phi) is 5.02. The van der Waals surface area contributed by atoms with E-state index >= 15 is 0 Å². The van der Waals surface area contributed by atoms with Crippen molar-refractivity contribution in [1.82, 2.24) is 5.32 Å². The van der Waals surface area contributed by atoms with Crippen molar-refractivity contribution in [3.8, 4) is 0 Å². The highest BCUT2D eigenvalue weighted by Gasteiger charge is 2.30. The molecule has 0 unspecified atom stereocenters. The molecule has 0 saturated carbocycles. The first kappa shape index (κ1) is 16.7. The summed E-state index contributed by atoms with van der Waals surface area (Å²) < 4.78 is 0. The molecule has 1 aliphatic rings. The summed E-state index contributed by atoms with van der Waals surface area (Å²) in [5.41, 5.74) is 2.43. The quantitative estimate of drug-likeness (QED) is 0.840. The molecule has 0 aliphatic carbocycles. The highest BCUT2D eigenvalue weighted by atomic mass is 35.5. The van der Waals surface area contributed by atoms with Crippen LogP contribution in [0.5, 0.6) is 0 Å². The number of benzene rings is 2. The van der Waals surface area contributed by atoms with Crippen LogP contribution in [0.15, 0.2) is 53.5 Å². The zero-order valence-corrected chi connectivity index (χ0v) is 14.5. The highest BCUT2D eigenvalue weighted by molar-refractivity contribution is 8.15. The van der Waals surface area contributed by atoms with Gasteiger partial charge in [-0.1, -0.05) is 47.6 Å². The number of thioether (sulfide) groups is 1. The summed E-state index contributed by atoms with van der Waals surface area (Å²) in [7, 11) is 0. The third-order valence-corrected chi connectivity index (χ3v) is 4.95. The zero-order valence-electron chi connectivity index (χ0n) is 13.0. The number of amidine groups is 1. The number of hydrogen-bond acceptors (Lipinski definition) is 4. The molecule has 0 aromatic heterocycles. The van der Waals surface area contributed by atoms with Gasteiger partial charge in [-0.2, -0.15) is 0 Å². The summed E-state index contributed by atoms with van der Waals surface area (Å²) in [4.78, 5) is 27.8. The van der Waals surface area contributed by atoms with Crippen LogP contribution in [-0.4, -0.2) is 22.1 Å². The average molecular weight is 359 g/mol. The first-order valence-corrected chi connectivity index (χ1v) is 8.69. The van der Waals surface area contributed by atoms with Crippen molar-refractivity contribution in [2.24, 2.45) is 4.99 Å². The van der Waals surface area contributed by atoms with Gasteiger partial charge in [0, 0.05) is 10.6 Å². The Balaban J connectivity index is 1.68. The van der Waals surface area contributed by atoms with Gasteiger partial charge in [0.1, 0.15) is 0 Å². The van der Waals surface area contributed by atoms with E-state index in [0.29, 0.717) is 22.2 Å². The van der Waals surface area contributed by atoms with E-state index in [1.165, 1.54) is 18.7 Å². The molecule has 1 fully saturated rings. The van der Waals surface area contributed by atoms with Crippen molar-refractivity contribution in [3.63, 3.8) is 0 Å². The third-order valence-electron chi connectivity index (χ3n) is 3.62. The highest BCUT2D eigenvalue weighted by Crippen LogP contribution is 2.26. The summed E-state index contributed by atoms with van der Waals surface area (Å²) in [6, 6.07) is 14.5. The molecular formula is C18H15ClN2O2S. The van der Waals surface area contributed by atoms with Crippen molar-refractivity contribution in [2.75, 3.05) is 0 Å². The minimum atomic E-state index is -0.223. The second kappa shape index (κ2) is 7.20.